The summed E-state index contributed by atoms with van der Waals surface area (Å²) in [5.41, 5.74) is 1.84. The Hall–Kier alpha value is -1.02. The summed E-state index contributed by atoms with van der Waals surface area (Å²) in [5.74, 6) is 1.36. The summed E-state index contributed by atoms with van der Waals surface area (Å²) in [5, 5.41) is 10.4. The lowest BCUT2D eigenvalue weighted by Gasteiger charge is -2.24. The molecule has 1 N–H and O–H groups in total. The SMILES string of the molecule is CCc1ccc(OC)c(CC(C)(O)C2CC2)c1. The van der Waals surface area contributed by atoms with Crippen LogP contribution < -0.4 is 4.74 Å². The van der Waals surface area contributed by atoms with Crippen LogP contribution in [0.2, 0.25) is 0 Å². The van der Waals surface area contributed by atoms with Crippen LogP contribution in [-0.4, -0.2) is 17.8 Å². The highest BCUT2D eigenvalue weighted by Crippen LogP contribution is 2.42. The number of benzene rings is 1. The maximum atomic E-state index is 10.4. The Kier molecular flexibility index (Phi) is 3.43. The Morgan fingerprint density at radius 1 is 1.41 bits per heavy atom. The molecule has 0 radical (unpaired) electrons. The van der Waals surface area contributed by atoms with Crippen LogP contribution in [0.25, 0.3) is 0 Å². The third kappa shape index (κ3) is 2.81. The quantitative estimate of drug-likeness (QED) is 0.848. The molecule has 0 amide bonds. The predicted octanol–water partition coefficient (Wildman–Crippen LogP) is 2.96. The second-order valence-corrected chi connectivity index (χ2v) is 5.31. The minimum atomic E-state index is -0.584. The van der Waals surface area contributed by atoms with Crippen LogP contribution in [-0.2, 0) is 12.8 Å². The highest BCUT2D eigenvalue weighted by molar-refractivity contribution is 5.38. The van der Waals surface area contributed by atoms with E-state index in [1.54, 1.807) is 7.11 Å². The predicted molar refractivity (Wildman–Crippen MR) is 69.4 cm³/mol. The fourth-order valence-electron chi connectivity index (χ4n) is 2.43. The molecule has 0 aromatic heterocycles. The van der Waals surface area contributed by atoms with Crippen molar-refractivity contribution in [2.75, 3.05) is 7.11 Å². The van der Waals surface area contributed by atoms with Gasteiger partial charge in [-0.1, -0.05) is 19.1 Å². The average Bonchev–Trinajstić information content (AvgIpc) is 3.12. The first-order valence-electron chi connectivity index (χ1n) is 6.45. The van der Waals surface area contributed by atoms with E-state index in [2.05, 4.69) is 19.1 Å². The number of aryl methyl sites for hydroxylation is 1. The molecule has 1 unspecified atom stereocenters. The van der Waals surface area contributed by atoms with E-state index in [1.165, 1.54) is 5.56 Å². The summed E-state index contributed by atoms with van der Waals surface area (Å²) in [7, 11) is 1.69. The Balaban J connectivity index is 2.23. The van der Waals surface area contributed by atoms with E-state index in [-0.39, 0.29) is 0 Å². The van der Waals surface area contributed by atoms with Crippen molar-refractivity contribution in [3.8, 4) is 5.75 Å². The zero-order valence-corrected chi connectivity index (χ0v) is 11.0. The third-order valence-corrected chi connectivity index (χ3v) is 3.76. The maximum Gasteiger partial charge on any atom is 0.122 e. The molecule has 1 aliphatic carbocycles. The van der Waals surface area contributed by atoms with E-state index in [4.69, 9.17) is 4.74 Å². The van der Waals surface area contributed by atoms with Gasteiger partial charge in [-0.15, -0.1) is 0 Å². The molecule has 0 aliphatic heterocycles. The smallest absolute Gasteiger partial charge is 0.122 e. The molecule has 1 aromatic carbocycles. The Morgan fingerprint density at radius 2 is 2.12 bits per heavy atom. The fraction of sp³-hybridized carbons (Fsp3) is 0.600. The van der Waals surface area contributed by atoms with E-state index in [1.807, 2.05) is 13.0 Å². The van der Waals surface area contributed by atoms with Gasteiger partial charge in [0.25, 0.3) is 0 Å². The molecule has 1 aliphatic rings. The molecule has 2 nitrogen and oxygen atoms in total. The second-order valence-electron chi connectivity index (χ2n) is 5.31. The van der Waals surface area contributed by atoms with Gasteiger partial charge in [-0.05, 0) is 49.3 Å². The van der Waals surface area contributed by atoms with Crippen molar-refractivity contribution in [3.63, 3.8) is 0 Å². The van der Waals surface area contributed by atoms with Crippen molar-refractivity contribution in [1.82, 2.24) is 0 Å². The molecule has 0 spiro atoms. The molecule has 1 fully saturated rings. The van der Waals surface area contributed by atoms with Crippen molar-refractivity contribution in [2.45, 2.75) is 45.1 Å². The molecule has 1 aromatic rings. The monoisotopic (exact) mass is 234 g/mol. The second kappa shape index (κ2) is 4.69. The molecule has 0 bridgehead atoms. The topological polar surface area (TPSA) is 29.5 Å². The van der Waals surface area contributed by atoms with E-state index < -0.39 is 5.60 Å². The zero-order valence-electron chi connectivity index (χ0n) is 11.0. The lowest BCUT2D eigenvalue weighted by molar-refractivity contribution is 0.0366. The molecule has 2 heteroatoms. The Labute approximate surface area is 104 Å². The summed E-state index contributed by atoms with van der Waals surface area (Å²) < 4.78 is 5.38. The summed E-state index contributed by atoms with van der Waals surface area (Å²) in [6, 6.07) is 6.26. The van der Waals surface area contributed by atoms with Crippen LogP contribution in [0, 0.1) is 5.92 Å². The van der Waals surface area contributed by atoms with Gasteiger partial charge in [0, 0.05) is 6.42 Å². The zero-order chi connectivity index (χ0) is 12.5. The molecular formula is C15H22O2. The van der Waals surface area contributed by atoms with E-state index >= 15 is 0 Å². The minimum Gasteiger partial charge on any atom is -0.496 e. The summed E-state index contributed by atoms with van der Waals surface area (Å²) >= 11 is 0. The molecule has 17 heavy (non-hydrogen) atoms. The van der Waals surface area contributed by atoms with Crippen LogP contribution in [0.5, 0.6) is 5.75 Å². The maximum absolute atomic E-state index is 10.4. The first-order chi connectivity index (χ1) is 8.06. The van der Waals surface area contributed by atoms with Crippen LogP contribution in [0.3, 0.4) is 0 Å². The third-order valence-electron chi connectivity index (χ3n) is 3.76. The van der Waals surface area contributed by atoms with Gasteiger partial charge >= 0.3 is 0 Å². The molecule has 2 rings (SSSR count). The van der Waals surface area contributed by atoms with Gasteiger partial charge in [-0.25, -0.2) is 0 Å². The number of methoxy groups -OCH3 is 1. The van der Waals surface area contributed by atoms with Gasteiger partial charge in [0.1, 0.15) is 5.75 Å². The largest absolute Gasteiger partial charge is 0.496 e. The fourth-order valence-corrected chi connectivity index (χ4v) is 2.43. The Bertz CT molecular complexity index is 392. The normalized spacial score (nSPS) is 18.8. The van der Waals surface area contributed by atoms with E-state index in [0.29, 0.717) is 12.3 Å². The van der Waals surface area contributed by atoms with Gasteiger partial charge < -0.3 is 9.84 Å². The molecule has 0 heterocycles. The van der Waals surface area contributed by atoms with E-state index in [9.17, 15) is 5.11 Å². The van der Waals surface area contributed by atoms with Gasteiger partial charge in [0.05, 0.1) is 12.7 Å². The number of rotatable bonds is 5. The molecular weight excluding hydrogens is 212 g/mol. The first kappa shape index (κ1) is 12.4. The van der Waals surface area contributed by atoms with Crippen molar-refractivity contribution in [3.05, 3.63) is 29.3 Å². The van der Waals surface area contributed by atoms with Crippen molar-refractivity contribution >= 4 is 0 Å². The van der Waals surface area contributed by atoms with E-state index in [0.717, 1.165) is 30.6 Å². The first-order valence-corrected chi connectivity index (χ1v) is 6.45. The van der Waals surface area contributed by atoms with Gasteiger partial charge in [-0.2, -0.15) is 0 Å². The lowest BCUT2D eigenvalue weighted by Crippen LogP contribution is -2.30. The van der Waals surface area contributed by atoms with Gasteiger partial charge in [-0.3, -0.25) is 0 Å². The van der Waals surface area contributed by atoms with Crippen LogP contribution in [0.4, 0.5) is 0 Å². The Morgan fingerprint density at radius 3 is 2.65 bits per heavy atom. The molecule has 1 atom stereocenters. The summed E-state index contributed by atoms with van der Waals surface area (Å²) in [4.78, 5) is 0. The number of ether oxygens (including phenoxy) is 1. The highest BCUT2D eigenvalue weighted by atomic mass is 16.5. The van der Waals surface area contributed by atoms with Crippen molar-refractivity contribution in [2.24, 2.45) is 5.92 Å². The van der Waals surface area contributed by atoms with Crippen molar-refractivity contribution in [1.29, 1.82) is 0 Å². The number of hydrogen-bond donors (Lipinski definition) is 1. The molecule has 1 saturated carbocycles. The van der Waals surface area contributed by atoms with Crippen molar-refractivity contribution < 1.29 is 9.84 Å². The standard InChI is InChI=1S/C15H22O2/c1-4-11-5-8-14(17-3)12(9-11)10-15(2,16)13-6-7-13/h5,8-9,13,16H,4,6-7,10H2,1-3H3. The van der Waals surface area contributed by atoms with Crippen LogP contribution >= 0.6 is 0 Å². The van der Waals surface area contributed by atoms with Crippen LogP contribution in [0.1, 0.15) is 37.8 Å². The average molecular weight is 234 g/mol. The highest BCUT2D eigenvalue weighted by Gasteiger charge is 2.40. The number of aliphatic hydroxyl groups is 1. The molecule has 94 valence electrons. The van der Waals surface area contributed by atoms with Gasteiger partial charge in [0.15, 0.2) is 0 Å². The summed E-state index contributed by atoms with van der Waals surface area (Å²) in [6.45, 7) is 4.09. The summed E-state index contributed by atoms with van der Waals surface area (Å²) in [6.07, 6.45) is 4.02. The molecule has 0 saturated heterocycles. The van der Waals surface area contributed by atoms with Crippen LogP contribution in [0.15, 0.2) is 18.2 Å². The van der Waals surface area contributed by atoms with Gasteiger partial charge in [0.2, 0.25) is 0 Å². The minimum absolute atomic E-state index is 0.470. The lowest BCUT2D eigenvalue weighted by atomic mass is 9.90. The number of hydrogen-bond acceptors (Lipinski definition) is 2.